The molecule has 1 saturated heterocycles. The van der Waals surface area contributed by atoms with Crippen LogP contribution in [0.4, 0.5) is 0 Å². The Kier molecular flexibility index (Phi) is 4.53. The summed E-state index contributed by atoms with van der Waals surface area (Å²) in [5.74, 6) is 1.10. The molecule has 3 atom stereocenters. The fourth-order valence-corrected chi connectivity index (χ4v) is 3.66. The summed E-state index contributed by atoms with van der Waals surface area (Å²) in [6, 6.07) is 0.450. The van der Waals surface area contributed by atoms with E-state index in [4.69, 9.17) is 4.74 Å². The standard InChI is InChI=1S/C12H23NO2S/c1-2-16-11-5-6-12(11,14)9-13-10-4-3-7-15-8-10/h10-11,13-14H,2-9H2,1H3. The van der Waals surface area contributed by atoms with E-state index >= 15 is 0 Å². The molecule has 0 amide bonds. The molecule has 3 unspecified atom stereocenters. The lowest BCUT2D eigenvalue weighted by molar-refractivity contribution is -0.0306. The van der Waals surface area contributed by atoms with E-state index in [2.05, 4.69) is 12.2 Å². The normalized spacial score (nSPS) is 39.4. The second kappa shape index (κ2) is 5.71. The van der Waals surface area contributed by atoms with E-state index in [1.54, 1.807) is 0 Å². The lowest BCUT2D eigenvalue weighted by atomic mass is 9.79. The van der Waals surface area contributed by atoms with Gasteiger partial charge in [0.15, 0.2) is 0 Å². The van der Waals surface area contributed by atoms with E-state index in [0.29, 0.717) is 11.3 Å². The molecule has 2 N–H and O–H groups in total. The Morgan fingerprint density at radius 3 is 2.94 bits per heavy atom. The molecule has 3 nitrogen and oxygen atoms in total. The van der Waals surface area contributed by atoms with Crippen molar-refractivity contribution in [3.63, 3.8) is 0 Å². The first-order valence-electron chi connectivity index (χ1n) is 6.40. The average Bonchev–Trinajstić information content (AvgIpc) is 2.33. The molecule has 2 fully saturated rings. The maximum Gasteiger partial charge on any atom is 0.0889 e. The van der Waals surface area contributed by atoms with Crippen LogP contribution in [0.3, 0.4) is 0 Å². The minimum atomic E-state index is -0.460. The van der Waals surface area contributed by atoms with Gasteiger partial charge >= 0.3 is 0 Å². The number of hydrogen-bond donors (Lipinski definition) is 2. The Hall–Kier alpha value is 0.230. The van der Waals surface area contributed by atoms with Gasteiger partial charge in [0.2, 0.25) is 0 Å². The highest BCUT2D eigenvalue weighted by Gasteiger charge is 2.45. The van der Waals surface area contributed by atoms with Crippen LogP contribution in [0.2, 0.25) is 0 Å². The van der Waals surface area contributed by atoms with Gasteiger partial charge in [-0.3, -0.25) is 0 Å². The van der Waals surface area contributed by atoms with Crippen LogP contribution in [0.1, 0.15) is 32.6 Å². The smallest absolute Gasteiger partial charge is 0.0889 e. The van der Waals surface area contributed by atoms with E-state index in [0.717, 1.165) is 44.8 Å². The lowest BCUT2D eigenvalue weighted by Crippen LogP contribution is -2.58. The van der Waals surface area contributed by atoms with Crippen LogP contribution >= 0.6 is 11.8 Å². The van der Waals surface area contributed by atoms with Crippen molar-refractivity contribution < 1.29 is 9.84 Å². The van der Waals surface area contributed by atoms with Gasteiger partial charge in [-0.25, -0.2) is 0 Å². The van der Waals surface area contributed by atoms with Gasteiger partial charge in [0, 0.05) is 24.4 Å². The van der Waals surface area contributed by atoms with Crippen LogP contribution in [0.15, 0.2) is 0 Å². The predicted molar refractivity (Wildman–Crippen MR) is 67.9 cm³/mol. The summed E-state index contributed by atoms with van der Waals surface area (Å²) in [6.07, 6.45) is 4.44. The maximum absolute atomic E-state index is 10.4. The SMILES string of the molecule is CCSC1CCC1(O)CNC1CCCOC1. The summed E-state index contributed by atoms with van der Waals surface area (Å²) in [5, 5.41) is 14.3. The molecule has 0 spiro atoms. The molecule has 1 saturated carbocycles. The summed E-state index contributed by atoms with van der Waals surface area (Å²) in [5.41, 5.74) is -0.460. The Morgan fingerprint density at radius 1 is 1.50 bits per heavy atom. The van der Waals surface area contributed by atoms with Crippen LogP contribution in [0.5, 0.6) is 0 Å². The molecule has 1 aliphatic heterocycles. The van der Waals surface area contributed by atoms with Crippen molar-refractivity contribution in [2.45, 2.75) is 49.5 Å². The Labute approximate surface area is 102 Å². The zero-order valence-electron chi connectivity index (χ0n) is 10.1. The zero-order chi connectivity index (χ0) is 11.4. The lowest BCUT2D eigenvalue weighted by Gasteiger charge is -2.46. The fourth-order valence-electron chi connectivity index (χ4n) is 2.46. The highest BCUT2D eigenvalue weighted by Crippen LogP contribution is 2.40. The third kappa shape index (κ3) is 2.92. The summed E-state index contributed by atoms with van der Waals surface area (Å²) in [6.45, 7) is 4.60. The molecule has 0 aromatic carbocycles. The zero-order valence-corrected chi connectivity index (χ0v) is 10.9. The van der Waals surface area contributed by atoms with E-state index < -0.39 is 5.60 Å². The van der Waals surface area contributed by atoms with Gasteiger partial charge in [-0.05, 0) is 31.4 Å². The second-order valence-corrected chi connectivity index (χ2v) is 6.36. The third-order valence-electron chi connectivity index (χ3n) is 3.66. The molecule has 16 heavy (non-hydrogen) atoms. The van der Waals surface area contributed by atoms with Gasteiger partial charge in [0.1, 0.15) is 0 Å². The number of thioether (sulfide) groups is 1. The van der Waals surface area contributed by atoms with Crippen LogP contribution in [-0.2, 0) is 4.74 Å². The summed E-state index contributed by atoms with van der Waals surface area (Å²) in [4.78, 5) is 0. The van der Waals surface area contributed by atoms with Gasteiger partial charge in [-0.15, -0.1) is 0 Å². The fraction of sp³-hybridized carbons (Fsp3) is 1.00. The van der Waals surface area contributed by atoms with Crippen LogP contribution in [-0.4, -0.2) is 47.5 Å². The summed E-state index contributed by atoms with van der Waals surface area (Å²) >= 11 is 1.89. The Morgan fingerprint density at radius 2 is 2.38 bits per heavy atom. The number of hydrogen-bond acceptors (Lipinski definition) is 4. The van der Waals surface area contributed by atoms with E-state index in [-0.39, 0.29) is 0 Å². The second-order valence-electron chi connectivity index (χ2n) is 4.88. The van der Waals surface area contributed by atoms with Gasteiger partial charge in [0.25, 0.3) is 0 Å². The van der Waals surface area contributed by atoms with E-state index in [1.165, 1.54) is 6.42 Å². The molecule has 1 heterocycles. The molecular weight excluding hydrogens is 222 g/mol. The molecule has 2 aliphatic rings. The van der Waals surface area contributed by atoms with E-state index in [9.17, 15) is 5.11 Å². The number of aliphatic hydroxyl groups is 1. The minimum Gasteiger partial charge on any atom is -0.387 e. The third-order valence-corrected chi connectivity index (χ3v) is 5.07. The molecular formula is C12H23NO2S. The first-order valence-corrected chi connectivity index (χ1v) is 7.44. The van der Waals surface area contributed by atoms with Crippen molar-refractivity contribution in [1.82, 2.24) is 5.32 Å². The Balaban J connectivity index is 1.71. The molecule has 1 aliphatic carbocycles. The first-order chi connectivity index (χ1) is 7.74. The molecule has 94 valence electrons. The van der Waals surface area contributed by atoms with Crippen LogP contribution < -0.4 is 5.32 Å². The van der Waals surface area contributed by atoms with Crippen molar-refractivity contribution in [3.05, 3.63) is 0 Å². The van der Waals surface area contributed by atoms with Gasteiger partial charge in [-0.1, -0.05) is 6.92 Å². The highest BCUT2D eigenvalue weighted by atomic mass is 32.2. The highest BCUT2D eigenvalue weighted by molar-refractivity contribution is 8.00. The predicted octanol–water partition coefficient (Wildman–Crippen LogP) is 1.40. The quantitative estimate of drug-likeness (QED) is 0.768. The molecule has 0 radical (unpaired) electrons. The van der Waals surface area contributed by atoms with Crippen molar-refractivity contribution in [2.75, 3.05) is 25.5 Å². The topological polar surface area (TPSA) is 41.5 Å². The molecule has 4 heteroatoms. The number of rotatable bonds is 5. The van der Waals surface area contributed by atoms with Crippen molar-refractivity contribution >= 4 is 11.8 Å². The van der Waals surface area contributed by atoms with Crippen molar-refractivity contribution in [1.29, 1.82) is 0 Å². The van der Waals surface area contributed by atoms with Gasteiger partial charge < -0.3 is 15.2 Å². The number of nitrogens with one attached hydrogen (secondary N) is 1. The molecule has 0 aromatic rings. The summed E-state index contributed by atoms with van der Waals surface area (Å²) in [7, 11) is 0. The van der Waals surface area contributed by atoms with Gasteiger partial charge in [0.05, 0.1) is 12.2 Å². The molecule has 2 rings (SSSR count). The molecule has 0 aromatic heterocycles. The van der Waals surface area contributed by atoms with Crippen LogP contribution in [0, 0.1) is 0 Å². The average molecular weight is 245 g/mol. The maximum atomic E-state index is 10.4. The minimum absolute atomic E-state index is 0.439. The van der Waals surface area contributed by atoms with Crippen molar-refractivity contribution in [2.24, 2.45) is 0 Å². The summed E-state index contributed by atoms with van der Waals surface area (Å²) < 4.78 is 5.42. The molecule has 0 bridgehead atoms. The van der Waals surface area contributed by atoms with Gasteiger partial charge in [-0.2, -0.15) is 11.8 Å². The largest absolute Gasteiger partial charge is 0.387 e. The van der Waals surface area contributed by atoms with E-state index in [1.807, 2.05) is 11.8 Å². The number of ether oxygens (including phenoxy) is 1. The first kappa shape index (κ1) is 12.7. The monoisotopic (exact) mass is 245 g/mol. The van der Waals surface area contributed by atoms with Crippen molar-refractivity contribution in [3.8, 4) is 0 Å². The Bertz CT molecular complexity index is 221. The van der Waals surface area contributed by atoms with Crippen LogP contribution in [0.25, 0.3) is 0 Å².